The van der Waals surface area contributed by atoms with Crippen LogP contribution in [0.25, 0.3) is 0 Å². The molecule has 6 heteroatoms. The maximum absolute atomic E-state index is 12.6. The van der Waals surface area contributed by atoms with Gasteiger partial charge in [0.15, 0.2) is 11.5 Å². The maximum Gasteiger partial charge on any atom is 0.255 e. The predicted molar refractivity (Wildman–Crippen MR) is 100 cm³/mol. The fraction of sp³-hybridized carbons (Fsp3) is 0.143. The average molecular weight is 362 g/mol. The van der Waals surface area contributed by atoms with Crippen LogP contribution in [-0.4, -0.2) is 24.1 Å². The van der Waals surface area contributed by atoms with Gasteiger partial charge in [0.05, 0.1) is 0 Å². The monoisotopic (exact) mass is 362 g/mol. The van der Waals surface area contributed by atoms with Crippen LogP contribution in [0, 0.1) is 0 Å². The summed E-state index contributed by atoms with van der Waals surface area (Å²) in [5.74, 6) is 1.71. The molecule has 3 aromatic rings. The van der Waals surface area contributed by atoms with E-state index in [1.165, 1.54) is 0 Å². The molecule has 1 aromatic heterocycles. The smallest absolute Gasteiger partial charge is 0.255 e. The minimum atomic E-state index is -0.224. The lowest BCUT2D eigenvalue weighted by molar-refractivity contribution is 0.102. The Balaban J connectivity index is 1.43. The second-order valence-corrected chi connectivity index (χ2v) is 5.99. The van der Waals surface area contributed by atoms with Crippen LogP contribution in [0.1, 0.15) is 15.9 Å². The van der Waals surface area contributed by atoms with Crippen LogP contribution >= 0.6 is 0 Å². The van der Waals surface area contributed by atoms with Crippen molar-refractivity contribution in [1.29, 1.82) is 0 Å². The number of amides is 1. The van der Waals surface area contributed by atoms with Gasteiger partial charge in [-0.25, -0.2) is 0 Å². The van der Waals surface area contributed by atoms with E-state index in [1.807, 2.05) is 18.2 Å². The highest BCUT2D eigenvalue weighted by Gasteiger charge is 2.13. The molecule has 4 rings (SSSR count). The van der Waals surface area contributed by atoms with Crippen molar-refractivity contribution in [3.8, 4) is 17.2 Å². The topological polar surface area (TPSA) is 69.7 Å². The van der Waals surface area contributed by atoms with E-state index in [0.29, 0.717) is 48.3 Å². The highest BCUT2D eigenvalue weighted by atomic mass is 16.6. The summed E-state index contributed by atoms with van der Waals surface area (Å²) in [6.07, 6.45) is 3.46. The summed E-state index contributed by atoms with van der Waals surface area (Å²) >= 11 is 0. The van der Waals surface area contributed by atoms with E-state index in [9.17, 15) is 4.79 Å². The number of ether oxygens (including phenoxy) is 3. The third kappa shape index (κ3) is 4.17. The van der Waals surface area contributed by atoms with E-state index in [2.05, 4.69) is 10.3 Å². The van der Waals surface area contributed by atoms with Crippen LogP contribution in [0.4, 0.5) is 5.69 Å². The Morgan fingerprint density at radius 1 is 1.04 bits per heavy atom. The van der Waals surface area contributed by atoms with Gasteiger partial charge in [0.25, 0.3) is 5.91 Å². The van der Waals surface area contributed by atoms with E-state index >= 15 is 0 Å². The predicted octanol–water partition coefficient (Wildman–Crippen LogP) is 3.68. The van der Waals surface area contributed by atoms with Crippen LogP contribution in [-0.2, 0) is 6.61 Å². The summed E-state index contributed by atoms with van der Waals surface area (Å²) in [6.45, 7) is 1.42. The molecule has 0 unspecified atom stereocenters. The van der Waals surface area contributed by atoms with Crippen molar-refractivity contribution >= 4 is 11.6 Å². The van der Waals surface area contributed by atoms with Gasteiger partial charge in [0.1, 0.15) is 25.6 Å². The summed E-state index contributed by atoms with van der Waals surface area (Å²) < 4.78 is 16.8. The lowest BCUT2D eigenvalue weighted by Gasteiger charge is -2.19. The minimum Gasteiger partial charge on any atom is -0.489 e. The van der Waals surface area contributed by atoms with Crippen molar-refractivity contribution < 1.29 is 19.0 Å². The van der Waals surface area contributed by atoms with Crippen molar-refractivity contribution in [2.45, 2.75) is 6.61 Å². The molecule has 0 saturated heterocycles. The number of aromatic nitrogens is 1. The molecule has 1 amide bonds. The molecule has 6 nitrogen and oxygen atoms in total. The first-order chi connectivity index (χ1) is 13.3. The number of carbonyl (C=O) groups excluding carboxylic acids is 1. The van der Waals surface area contributed by atoms with Crippen molar-refractivity contribution in [1.82, 2.24) is 4.98 Å². The fourth-order valence-electron chi connectivity index (χ4n) is 2.70. The largest absolute Gasteiger partial charge is 0.489 e. The number of fused-ring (bicyclic) bond motifs is 1. The van der Waals surface area contributed by atoms with Gasteiger partial charge < -0.3 is 19.5 Å². The number of benzene rings is 2. The van der Waals surface area contributed by atoms with Gasteiger partial charge in [-0.1, -0.05) is 12.1 Å². The molecule has 0 saturated carbocycles. The van der Waals surface area contributed by atoms with Crippen molar-refractivity contribution in [2.75, 3.05) is 18.5 Å². The SMILES string of the molecule is O=C(Nc1ccc2c(c1)OCCO2)c1cccc(OCc2cccnc2)c1. The molecule has 1 aliphatic rings. The third-order valence-corrected chi connectivity index (χ3v) is 4.02. The van der Waals surface area contributed by atoms with E-state index in [-0.39, 0.29) is 5.91 Å². The van der Waals surface area contributed by atoms with Gasteiger partial charge in [0, 0.05) is 35.3 Å². The molecular formula is C21H18N2O4. The number of hydrogen-bond acceptors (Lipinski definition) is 5. The first-order valence-electron chi connectivity index (χ1n) is 8.61. The Kier molecular flexibility index (Phi) is 4.87. The van der Waals surface area contributed by atoms with Gasteiger partial charge in [-0.05, 0) is 36.4 Å². The Morgan fingerprint density at radius 2 is 1.93 bits per heavy atom. The molecule has 0 fully saturated rings. The van der Waals surface area contributed by atoms with Crippen LogP contribution in [0.5, 0.6) is 17.2 Å². The van der Waals surface area contributed by atoms with Crippen LogP contribution in [0.3, 0.4) is 0 Å². The molecule has 1 N–H and O–H groups in total. The molecule has 0 bridgehead atoms. The number of nitrogens with one attached hydrogen (secondary N) is 1. The molecule has 0 atom stereocenters. The molecule has 2 aromatic carbocycles. The molecule has 27 heavy (non-hydrogen) atoms. The number of nitrogens with zero attached hydrogens (tertiary/aromatic N) is 1. The van der Waals surface area contributed by atoms with Gasteiger partial charge in [-0.3, -0.25) is 9.78 Å². The van der Waals surface area contributed by atoms with Crippen LogP contribution in [0.2, 0.25) is 0 Å². The second-order valence-electron chi connectivity index (χ2n) is 5.99. The minimum absolute atomic E-state index is 0.224. The zero-order valence-corrected chi connectivity index (χ0v) is 14.6. The van der Waals surface area contributed by atoms with Crippen LogP contribution in [0.15, 0.2) is 67.0 Å². The Morgan fingerprint density at radius 3 is 2.78 bits per heavy atom. The Bertz CT molecular complexity index is 944. The van der Waals surface area contributed by atoms with Gasteiger partial charge in [-0.15, -0.1) is 0 Å². The summed E-state index contributed by atoms with van der Waals surface area (Å²) in [5, 5.41) is 2.87. The summed E-state index contributed by atoms with van der Waals surface area (Å²) in [7, 11) is 0. The van der Waals surface area contributed by atoms with Crippen molar-refractivity contribution in [2.24, 2.45) is 0 Å². The first-order valence-corrected chi connectivity index (χ1v) is 8.61. The molecule has 0 aliphatic carbocycles. The van der Waals surface area contributed by atoms with E-state index < -0.39 is 0 Å². The van der Waals surface area contributed by atoms with Crippen molar-refractivity contribution in [3.63, 3.8) is 0 Å². The van der Waals surface area contributed by atoms with E-state index in [0.717, 1.165) is 5.56 Å². The Hall–Kier alpha value is -3.54. The Labute approximate surface area is 156 Å². The number of anilines is 1. The van der Waals surface area contributed by atoms with Gasteiger partial charge in [-0.2, -0.15) is 0 Å². The number of hydrogen-bond donors (Lipinski definition) is 1. The lowest BCUT2D eigenvalue weighted by atomic mass is 10.2. The normalized spacial score (nSPS) is 12.3. The molecule has 1 aliphatic heterocycles. The average Bonchev–Trinajstić information content (AvgIpc) is 2.73. The van der Waals surface area contributed by atoms with E-state index in [4.69, 9.17) is 14.2 Å². The first kappa shape index (κ1) is 16.9. The zero-order valence-electron chi connectivity index (χ0n) is 14.6. The lowest BCUT2D eigenvalue weighted by Crippen LogP contribution is -2.16. The number of pyridine rings is 1. The summed E-state index contributed by atoms with van der Waals surface area (Å²) in [4.78, 5) is 16.6. The highest BCUT2D eigenvalue weighted by Crippen LogP contribution is 2.32. The summed E-state index contributed by atoms with van der Waals surface area (Å²) in [6, 6.07) is 16.2. The van der Waals surface area contributed by atoms with Gasteiger partial charge >= 0.3 is 0 Å². The van der Waals surface area contributed by atoms with Gasteiger partial charge in [0.2, 0.25) is 0 Å². The molecule has 2 heterocycles. The fourth-order valence-corrected chi connectivity index (χ4v) is 2.70. The molecule has 0 radical (unpaired) electrons. The van der Waals surface area contributed by atoms with Crippen molar-refractivity contribution in [3.05, 3.63) is 78.1 Å². The standard InChI is InChI=1S/C21H18N2O4/c24-21(23-17-6-7-19-20(12-17)26-10-9-25-19)16-4-1-5-18(11-16)27-14-15-3-2-8-22-13-15/h1-8,11-13H,9-10,14H2,(H,23,24). The molecular weight excluding hydrogens is 344 g/mol. The second kappa shape index (κ2) is 7.78. The molecule has 136 valence electrons. The quantitative estimate of drug-likeness (QED) is 0.750. The van der Waals surface area contributed by atoms with Crippen LogP contribution < -0.4 is 19.5 Å². The highest BCUT2D eigenvalue weighted by molar-refractivity contribution is 6.04. The third-order valence-electron chi connectivity index (χ3n) is 4.02. The number of rotatable bonds is 5. The zero-order chi connectivity index (χ0) is 18.5. The van der Waals surface area contributed by atoms with E-state index in [1.54, 1.807) is 48.8 Å². The maximum atomic E-state index is 12.6. The number of carbonyl (C=O) groups is 1. The summed E-state index contributed by atoms with van der Waals surface area (Å²) in [5.41, 5.74) is 2.11. The molecule has 0 spiro atoms.